The van der Waals surface area contributed by atoms with Gasteiger partial charge in [-0.15, -0.1) is 0 Å². The van der Waals surface area contributed by atoms with Gasteiger partial charge in [0.25, 0.3) is 5.91 Å². The van der Waals surface area contributed by atoms with E-state index < -0.39 is 5.69 Å². The van der Waals surface area contributed by atoms with Crippen LogP contribution in [0.25, 0.3) is 0 Å². The van der Waals surface area contributed by atoms with Gasteiger partial charge in [-0.05, 0) is 31.0 Å². The summed E-state index contributed by atoms with van der Waals surface area (Å²) in [5, 5.41) is 0. The Morgan fingerprint density at radius 1 is 1.27 bits per heavy atom. The van der Waals surface area contributed by atoms with Crippen LogP contribution in [0.2, 0.25) is 0 Å². The molecule has 0 aliphatic carbocycles. The number of amides is 1. The summed E-state index contributed by atoms with van der Waals surface area (Å²) in [4.78, 5) is 35.6. The Morgan fingerprint density at radius 2 is 2.00 bits per heavy atom. The monoisotopic (exact) mass is 354 g/mol. The minimum atomic E-state index is -0.458. The highest BCUT2D eigenvalue weighted by Gasteiger charge is 2.29. The largest absolute Gasteiger partial charge is 0.345 e. The van der Waals surface area contributed by atoms with Crippen molar-refractivity contribution in [3.8, 4) is 0 Å². The van der Waals surface area contributed by atoms with Crippen molar-refractivity contribution in [1.29, 1.82) is 0 Å². The number of benzene rings is 1. The molecule has 6 nitrogen and oxygen atoms in total. The number of aromatic nitrogens is 2. The summed E-state index contributed by atoms with van der Waals surface area (Å²) in [6.07, 6.45) is 0.716. The predicted octanol–water partition coefficient (Wildman–Crippen LogP) is 2.10. The molecule has 6 heteroatoms. The van der Waals surface area contributed by atoms with Crippen LogP contribution in [0.5, 0.6) is 0 Å². The van der Waals surface area contributed by atoms with Crippen molar-refractivity contribution in [3.05, 3.63) is 63.8 Å². The van der Waals surface area contributed by atoms with Crippen LogP contribution in [0.3, 0.4) is 0 Å². The number of rotatable bonds is 4. The summed E-state index contributed by atoms with van der Waals surface area (Å²) in [6, 6.07) is 12.1. The van der Waals surface area contributed by atoms with Crippen molar-refractivity contribution in [3.63, 3.8) is 0 Å². The van der Waals surface area contributed by atoms with Crippen molar-refractivity contribution >= 4 is 5.91 Å². The van der Waals surface area contributed by atoms with Crippen molar-refractivity contribution < 1.29 is 4.79 Å². The SMILES string of the molecule is CC(C)Cc1cc(C(=O)N2CCN(C)[C@H](c3ccccc3)C2)nc(=O)[nH]1. The molecule has 1 amide bonds. The number of carbonyl (C=O) groups excluding carboxylic acids is 1. The molecule has 1 atom stereocenters. The molecule has 138 valence electrons. The molecule has 1 aromatic carbocycles. The first kappa shape index (κ1) is 18.3. The van der Waals surface area contributed by atoms with E-state index in [4.69, 9.17) is 0 Å². The van der Waals surface area contributed by atoms with Crippen LogP contribution in [-0.4, -0.2) is 52.4 Å². The highest BCUT2D eigenvalue weighted by Crippen LogP contribution is 2.24. The molecule has 0 spiro atoms. The Balaban J connectivity index is 1.81. The average Bonchev–Trinajstić information content (AvgIpc) is 2.61. The van der Waals surface area contributed by atoms with Crippen LogP contribution in [0.1, 0.15) is 41.6 Å². The second kappa shape index (κ2) is 7.83. The van der Waals surface area contributed by atoms with E-state index in [1.54, 1.807) is 11.0 Å². The zero-order chi connectivity index (χ0) is 18.7. The summed E-state index contributed by atoms with van der Waals surface area (Å²) < 4.78 is 0. The summed E-state index contributed by atoms with van der Waals surface area (Å²) in [7, 11) is 2.08. The second-order valence-electron chi connectivity index (χ2n) is 7.35. The number of carbonyl (C=O) groups is 1. The van der Waals surface area contributed by atoms with Crippen LogP contribution in [0.15, 0.2) is 41.2 Å². The lowest BCUT2D eigenvalue weighted by atomic mass is 10.0. The standard InChI is InChI=1S/C20H26N4O2/c1-14(2)11-16-12-17(22-20(26)21-16)19(25)24-10-9-23(3)18(13-24)15-7-5-4-6-8-15/h4-8,12,14,18H,9-11,13H2,1-3H3,(H,21,22,26)/t18-/m0/s1. The number of hydrogen-bond acceptors (Lipinski definition) is 4. The van der Waals surface area contributed by atoms with Crippen molar-refractivity contribution in [2.45, 2.75) is 26.3 Å². The van der Waals surface area contributed by atoms with Gasteiger partial charge in [-0.25, -0.2) is 4.79 Å². The lowest BCUT2D eigenvalue weighted by Gasteiger charge is -2.39. The third-order valence-corrected chi connectivity index (χ3v) is 4.77. The maximum Gasteiger partial charge on any atom is 0.345 e. The number of nitrogens with zero attached hydrogens (tertiary/aromatic N) is 3. The van der Waals surface area contributed by atoms with Crippen LogP contribution in [0, 0.1) is 5.92 Å². The Kier molecular flexibility index (Phi) is 5.52. The normalized spacial score (nSPS) is 18.3. The van der Waals surface area contributed by atoms with Gasteiger partial charge in [-0.2, -0.15) is 4.98 Å². The third kappa shape index (κ3) is 4.19. The Labute approximate surface area is 153 Å². The summed E-state index contributed by atoms with van der Waals surface area (Å²) in [5.74, 6) is 0.220. The maximum absolute atomic E-state index is 13.0. The van der Waals surface area contributed by atoms with E-state index in [1.807, 2.05) is 18.2 Å². The smallest absolute Gasteiger partial charge is 0.334 e. The number of H-pyrrole nitrogens is 1. The van der Waals surface area contributed by atoms with Crippen molar-refractivity contribution in [2.75, 3.05) is 26.7 Å². The topological polar surface area (TPSA) is 69.3 Å². The lowest BCUT2D eigenvalue weighted by molar-refractivity contribution is 0.0540. The fourth-order valence-corrected chi connectivity index (χ4v) is 3.42. The molecule has 1 fully saturated rings. The number of nitrogens with one attached hydrogen (secondary N) is 1. The van der Waals surface area contributed by atoms with E-state index in [0.29, 0.717) is 25.4 Å². The molecule has 2 aromatic rings. The second-order valence-corrected chi connectivity index (χ2v) is 7.35. The van der Waals surface area contributed by atoms with Crippen molar-refractivity contribution in [1.82, 2.24) is 19.8 Å². The summed E-state index contributed by atoms with van der Waals surface area (Å²) >= 11 is 0. The molecule has 3 rings (SSSR count). The fraction of sp³-hybridized carbons (Fsp3) is 0.450. The van der Waals surface area contributed by atoms with Gasteiger partial charge in [0.2, 0.25) is 0 Å². The molecular weight excluding hydrogens is 328 g/mol. The summed E-state index contributed by atoms with van der Waals surface area (Å²) in [6.45, 7) is 6.16. The summed E-state index contributed by atoms with van der Waals surface area (Å²) in [5.41, 5.74) is 1.73. The van der Waals surface area contributed by atoms with Crippen LogP contribution in [0.4, 0.5) is 0 Å². The molecule has 0 bridgehead atoms. The van der Waals surface area contributed by atoms with E-state index in [1.165, 1.54) is 5.56 Å². The number of likely N-dealkylation sites (N-methyl/N-ethyl adjacent to an activating group) is 1. The van der Waals surface area contributed by atoms with Gasteiger partial charge in [0.05, 0.1) is 6.04 Å². The van der Waals surface area contributed by atoms with Gasteiger partial charge in [0, 0.05) is 25.3 Å². The zero-order valence-electron chi connectivity index (χ0n) is 15.6. The molecule has 0 unspecified atom stereocenters. The first-order valence-electron chi connectivity index (χ1n) is 9.08. The van der Waals surface area contributed by atoms with E-state index >= 15 is 0 Å². The Hall–Kier alpha value is -2.47. The van der Waals surface area contributed by atoms with Gasteiger partial charge in [-0.1, -0.05) is 44.2 Å². The third-order valence-electron chi connectivity index (χ3n) is 4.77. The highest BCUT2D eigenvalue weighted by atomic mass is 16.2. The quantitative estimate of drug-likeness (QED) is 0.913. The molecule has 1 N–H and O–H groups in total. The molecule has 1 aliphatic rings. The first-order valence-corrected chi connectivity index (χ1v) is 9.08. The minimum Gasteiger partial charge on any atom is -0.334 e. The fourth-order valence-electron chi connectivity index (χ4n) is 3.42. The zero-order valence-corrected chi connectivity index (χ0v) is 15.6. The molecule has 2 heterocycles. The highest BCUT2D eigenvalue weighted by molar-refractivity contribution is 5.92. The molecule has 1 aliphatic heterocycles. The molecular formula is C20H26N4O2. The number of piperazine rings is 1. The predicted molar refractivity (Wildman–Crippen MR) is 101 cm³/mol. The van der Waals surface area contributed by atoms with Gasteiger partial charge in [-0.3, -0.25) is 9.69 Å². The van der Waals surface area contributed by atoms with Gasteiger partial charge >= 0.3 is 5.69 Å². The molecule has 0 saturated carbocycles. The number of hydrogen-bond donors (Lipinski definition) is 1. The molecule has 26 heavy (non-hydrogen) atoms. The van der Waals surface area contributed by atoms with Crippen LogP contribution in [-0.2, 0) is 6.42 Å². The van der Waals surface area contributed by atoms with E-state index in [-0.39, 0.29) is 17.6 Å². The lowest BCUT2D eigenvalue weighted by Crippen LogP contribution is -2.49. The van der Waals surface area contributed by atoms with Crippen molar-refractivity contribution in [2.24, 2.45) is 5.92 Å². The van der Waals surface area contributed by atoms with E-state index in [9.17, 15) is 9.59 Å². The number of aromatic amines is 1. The van der Waals surface area contributed by atoms with Crippen LogP contribution >= 0.6 is 0 Å². The Morgan fingerprint density at radius 3 is 2.69 bits per heavy atom. The maximum atomic E-state index is 13.0. The van der Waals surface area contributed by atoms with E-state index in [0.717, 1.165) is 12.2 Å². The molecule has 1 aromatic heterocycles. The minimum absolute atomic E-state index is 0.144. The Bertz CT molecular complexity index is 816. The molecule has 0 radical (unpaired) electrons. The molecule has 1 saturated heterocycles. The average molecular weight is 354 g/mol. The van der Waals surface area contributed by atoms with E-state index in [2.05, 4.69) is 47.9 Å². The van der Waals surface area contributed by atoms with Gasteiger partial charge in [0.1, 0.15) is 5.69 Å². The van der Waals surface area contributed by atoms with Gasteiger partial charge < -0.3 is 9.88 Å². The first-order chi connectivity index (χ1) is 12.4. The van der Waals surface area contributed by atoms with Crippen LogP contribution < -0.4 is 5.69 Å². The van der Waals surface area contributed by atoms with Gasteiger partial charge in [0.15, 0.2) is 0 Å².